The molecule has 0 radical (unpaired) electrons. The fourth-order valence-electron chi connectivity index (χ4n) is 5.99. The van der Waals surface area contributed by atoms with Gasteiger partial charge in [0.1, 0.15) is 0 Å². The molecule has 6 rings (SSSR count). The van der Waals surface area contributed by atoms with Crippen LogP contribution in [0.3, 0.4) is 0 Å². The predicted octanol–water partition coefficient (Wildman–Crippen LogP) is 3.05. The second kappa shape index (κ2) is 6.45. The summed E-state index contributed by atoms with van der Waals surface area (Å²) in [6.45, 7) is 9.29. The zero-order valence-electron chi connectivity index (χ0n) is 17.4. The lowest BCUT2D eigenvalue weighted by molar-refractivity contribution is -0.00345. The third kappa shape index (κ3) is 2.55. The molecule has 148 valence electrons. The Morgan fingerprint density at radius 1 is 1.04 bits per heavy atom. The van der Waals surface area contributed by atoms with E-state index in [2.05, 4.69) is 46.1 Å². The van der Waals surface area contributed by atoms with Gasteiger partial charge in [0, 0.05) is 31.2 Å². The highest BCUT2D eigenvalue weighted by molar-refractivity contribution is 5.97. The lowest BCUT2D eigenvalue weighted by Gasteiger charge is -2.51. The van der Waals surface area contributed by atoms with Gasteiger partial charge in [-0.05, 0) is 58.2 Å². The summed E-state index contributed by atoms with van der Waals surface area (Å²) in [5.74, 6) is 1.21. The molecule has 0 unspecified atom stereocenters. The van der Waals surface area contributed by atoms with Crippen molar-refractivity contribution in [2.45, 2.75) is 51.6 Å². The largest absolute Gasteiger partial charge is 0.333 e. The van der Waals surface area contributed by atoms with Crippen LogP contribution < -0.4 is 0 Å². The highest BCUT2D eigenvalue weighted by Gasteiger charge is 2.55. The first-order chi connectivity index (χ1) is 13.5. The van der Waals surface area contributed by atoms with Gasteiger partial charge in [-0.25, -0.2) is 0 Å². The van der Waals surface area contributed by atoms with Crippen molar-refractivity contribution in [3.63, 3.8) is 0 Å². The Morgan fingerprint density at radius 2 is 1.71 bits per heavy atom. The Labute approximate surface area is 167 Å². The summed E-state index contributed by atoms with van der Waals surface area (Å²) in [5.41, 5.74) is 5.30. The molecule has 1 aromatic carbocycles. The molecule has 3 atom stereocenters. The molecule has 5 nitrogen and oxygen atoms in total. The second-order valence-corrected chi connectivity index (χ2v) is 9.00. The average Bonchev–Trinajstić information content (AvgIpc) is 3.23. The van der Waals surface area contributed by atoms with Crippen molar-refractivity contribution >= 4 is 5.91 Å². The number of aryl methyl sites for hydroxylation is 3. The number of amides is 1. The van der Waals surface area contributed by atoms with Crippen LogP contribution in [0.2, 0.25) is 0 Å². The topological polar surface area (TPSA) is 41.4 Å². The van der Waals surface area contributed by atoms with E-state index in [-0.39, 0.29) is 5.91 Å². The van der Waals surface area contributed by atoms with E-state index in [1.54, 1.807) is 0 Å². The van der Waals surface area contributed by atoms with Crippen molar-refractivity contribution in [2.75, 3.05) is 19.6 Å². The van der Waals surface area contributed by atoms with Crippen LogP contribution in [0.25, 0.3) is 0 Å². The van der Waals surface area contributed by atoms with Crippen molar-refractivity contribution in [1.29, 1.82) is 0 Å². The first kappa shape index (κ1) is 17.9. The van der Waals surface area contributed by atoms with Crippen LogP contribution in [0, 0.1) is 26.7 Å². The number of hydrogen-bond donors (Lipinski definition) is 0. The van der Waals surface area contributed by atoms with Crippen molar-refractivity contribution in [1.82, 2.24) is 19.6 Å². The maximum absolute atomic E-state index is 13.7. The highest BCUT2D eigenvalue weighted by atomic mass is 16.2. The molecule has 28 heavy (non-hydrogen) atoms. The van der Waals surface area contributed by atoms with Gasteiger partial charge in [0.2, 0.25) is 0 Å². The quantitative estimate of drug-likeness (QED) is 0.807. The summed E-state index contributed by atoms with van der Waals surface area (Å²) < 4.78 is 1.84. The number of rotatable bonds is 2. The molecule has 1 amide bonds. The lowest BCUT2D eigenvalue weighted by atomic mass is 9.75. The van der Waals surface area contributed by atoms with Gasteiger partial charge in [-0.3, -0.25) is 14.4 Å². The number of carbonyl (C=O) groups excluding carboxylic acids is 1. The van der Waals surface area contributed by atoms with Crippen LogP contribution >= 0.6 is 0 Å². The minimum absolute atomic E-state index is 0.182. The second-order valence-electron chi connectivity index (χ2n) is 9.00. The molecule has 5 heteroatoms. The maximum Gasteiger partial charge on any atom is 0.257 e. The van der Waals surface area contributed by atoms with Gasteiger partial charge in [0.25, 0.3) is 5.91 Å². The number of likely N-dealkylation sites (tertiary alicyclic amines) is 1. The monoisotopic (exact) mass is 378 g/mol. The minimum Gasteiger partial charge on any atom is -0.333 e. The summed E-state index contributed by atoms with van der Waals surface area (Å²) in [6, 6.07) is 9.75. The normalized spacial score (nSPS) is 31.3. The molecule has 4 aliphatic heterocycles. The smallest absolute Gasteiger partial charge is 0.257 e. The van der Waals surface area contributed by atoms with Gasteiger partial charge in [-0.1, -0.05) is 29.8 Å². The first-order valence-electron chi connectivity index (χ1n) is 10.6. The van der Waals surface area contributed by atoms with E-state index < -0.39 is 0 Å². The summed E-state index contributed by atoms with van der Waals surface area (Å²) in [4.78, 5) is 18.6. The van der Waals surface area contributed by atoms with Crippen molar-refractivity contribution in [3.8, 4) is 0 Å². The van der Waals surface area contributed by atoms with E-state index in [1.165, 1.54) is 37.1 Å². The minimum atomic E-state index is 0.182. The van der Waals surface area contributed by atoms with Crippen LogP contribution in [-0.2, 0) is 7.05 Å². The Bertz CT molecular complexity index is 907. The molecule has 1 aromatic heterocycles. The van der Waals surface area contributed by atoms with Crippen LogP contribution in [-0.4, -0.2) is 57.2 Å². The predicted molar refractivity (Wildman–Crippen MR) is 110 cm³/mol. The van der Waals surface area contributed by atoms with E-state index in [0.717, 1.165) is 23.5 Å². The van der Waals surface area contributed by atoms with Crippen molar-refractivity contribution in [2.24, 2.45) is 13.0 Å². The Morgan fingerprint density at radius 3 is 2.32 bits per heavy atom. The number of aromatic nitrogens is 2. The zero-order chi connectivity index (χ0) is 19.6. The molecular formula is C23H30N4O. The molecule has 4 saturated heterocycles. The van der Waals surface area contributed by atoms with Gasteiger partial charge < -0.3 is 4.90 Å². The molecular weight excluding hydrogens is 348 g/mol. The number of piperidine rings is 3. The summed E-state index contributed by atoms with van der Waals surface area (Å²) in [5, 5.41) is 4.50. The van der Waals surface area contributed by atoms with Crippen LogP contribution in [0.1, 0.15) is 51.6 Å². The molecule has 0 saturated carbocycles. The number of benzene rings is 1. The lowest BCUT2D eigenvalue weighted by Crippen LogP contribution is -2.60. The molecule has 0 N–H and O–H groups in total. The van der Waals surface area contributed by atoms with Crippen molar-refractivity contribution in [3.05, 3.63) is 52.3 Å². The highest BCUT2D eigenvalue weighted by Crippen LogP contribution is 2.47. The summed E-state index contributed by atoms with van der Waals surface area (Å²) >= 11 is 0. The van der Waals surface area contributed by atoms with Gasteiger partial charge in [0.15, 0.2) is 0 Å². The van der Waals surface area contributed by atoms with Gasteiger partial charge in [-0.2, -0.15) is 5.10 Å². The van der Waals surface area contributed by atoms with E-state index >= 15 is 0 Å². The molecule has 4 fully saturated rings. The first-order valence-corrected chi connectivity index (χ1v) is 10.6. The third-order valence-electron chi connectivity index (χ3n) is 7.48. The Kier molecular flexibility index (Phi) is 4.13. The molecule has 4 aliphatic rings. The SMILES string of the molecule is Cc1ccc([C@H]2CN(C(=O)c3c(C)nn(C)c3C)[C@H]3C4CCN(CC4)[C@@H]23)cc1. The molecule has 0 spiro atoms. The van der Waals surface area contributed by atoms with Crippen LogP contribution in [0.5, 0.6) is 0 Å². The number of fused-ring (bicyclic) bond motifs is 2. The van der Waals surface area contributed by atoms with E-state index in [0.29, 0.717) is 23.9 Å². The molecule has 5 heterocycles. The number of hydrogen-bond acceptors (Lipinski definition) is 3. The fourth-order valence-corrected chi connectivity index (χ4v) is 5.99. The zero-order valence-corrected chi connectivity index (χ0v) is 17.4. The van der Waals surface area contributed by atoms with Crippen LogP contribution in [0.15, 0.2) is 24.3 Å². The molecule has 2 bridgehead atoms. The maximum atomic E-state index is 13.7. The fraction of sp³-hybridized carbons (Fsp3) is 0.565. The Balaban J connectivity index is 1.55. The number of nitrogens with zero attached hydrogens (tertiary/aromatic N) is 4. The van der Waals surface area contributed by atoms with E-state index in [9.17, 15) is 4.79 Å². The summed E-state index contributed by atoms with van der Waals surface area (Å²) in [6.07, 6.45) is 2.44. The molecule has 0 aliphatic carbocycles. The van der Waals surface area contributed by atoms with E-state index in [4.69, 9.17) is 0 Å². The standard InChI is InChI=1S/C23H30N4O/c1-14-5-7-17(8-6-14)19-13-27(21-18-9-11-26(12-10-18)22(19)21)23(28)20-15(2)24-25(4)16(20)3/h5-8,18-19,21-22H,9-13H2,1-4H3/t19-,21+,22+/m1/s1. The van der Waals surface area contributed by atoms with E-state index in [1.807, 2.05) is 25.6 Å². The summed E-state index contributed by atoms with van der Waals surface area (Å²) in [7, 11) is 1.93. The Hall–Kier alpha value is -2.14. The molecule has 2 aromatic rings. The van der Waals surface area contributed by atoms with Crippen molar-refractivity contribution < 1.29 is 4.79 Å². The van der Waals surface area contributed by atoms with Gasteiger partial charge in [0.05, 0.1) is 17.3 Å². The van der Waals surface area contributed by atoms with Gasteiger partial charge >= 0.3 is 0 Å². The van der Waals surface area contributed by atoms with Crippen LogP contribution in [0.4, 0.5) is 0 Å². The van der Waals surface area contributed by atoms with Gasteiger partial charge in [-0.15, -0.1) is 0 Å². The number of carbonyl (C=O) groups is 1. The average molecular weight is 379 g/mol. The third-order valence-corrected chi connectivity index (χ3v) is 7.48.